The zero-order valence-corrected chi connectivity index (χ0v) is 8.04. The number of anilines is 1. The highest BCUT2D eigenvalue weighted by atomic mass is 35.5. The van der Waals surface area contributed by atoms with E-state index in [4.69, 9.17) is 34.8 Å². The number of hydrogen-bond acceptors (Lipinski definition) is 1. The van der Waals surface area contributed by atoms with Crippen LogP contribution in [0.5, 0.6) is 0 Å². The van der Waals surface area contributed by atoms with E-state index in [0.29, 0.717) is 27.2 Å². The first-order valence-electron chi connectivity index (χ1n) is 3.00. The molecule has 0 aliphatic rings. The van der Waals surface area contributed by atoms with E-state index >= 15 is 0 Å². The highest BCUT2D eigenvalue weighted by Crippen LogP contribution is 2.32. The van der Waals surface area contributed by atoms with Crippen LogP contribution in [0.1, 0.15) is 0 Å². The van der Waals surface area contributed by atoms with Crippen LogP contribution in [0.25, 0.3) is 0 Å². The van der Waals surface area contributed by atoms with Crippen molar-refractivity contribution in [1.82, 2.24) is 0 Å². The van der Waals surface area contributed by atoms with E-state index in [1.165, 1.54) is 12.1 Å². The van der Waals surface area contributed by atoms with Gasteiger partial charge in [-0.1, -0.05) is 34.8 Å². The quantitative estimate of drug-likeness (QED) is 0.768. The van der Waals surface area contributed by atoms with Crippen molar-refractivity contribution in [1.29, 1.82) is 0 Å². The molecule has 5 heteroatoms. The fourth-order valence-electron chi connectivity index (χ4n) is 0.739. The molecule has 0 aliphatic heterocycles. The van der Waals surface area contributed by atoms with Crippen LogP contribution < -0.4 is 5.32 Å². The first-order valence-corrected chi connectivity index (χ1v) is 4.13. The molecule has 1 aromatic rings. The van der Waals surface area contributed by atoms with Gasteiger partial charge >= 0.3 is 0 Å². The fraction of sp³-hybridized carbons (Fsp3) is 0. The van der Waals surface area contributed by atoms with Crippen molar-refractivity contribution in [3.05, 3.63) is 27.2 Å². The molecule has 1 aromatic carbocycles. The van der Waals surface area contributed by atoms with E-state index in [1.54, 1.807) is 0 Å². The molecule has 0 aromatic heterocycles. The summed E-state index contributed by atoms with van der Waals surface area (Å²) in [5, 5.41) is 3.44. The fourth-order valence-corrected chi connectivity index (χ4v) is 1.67. The topological polar surface area (TPSA) is 29.1 Å². The molecule has 1 rings (SSSR count). The summed E-state index contributed by atoms with van der Waals surface area (Å²) in [4.78, 5) is 10.1. The molecule has 0 atom stereocenters. The third-order valence-corrected chi connectivity index (χ3v) is 2.02. The van der Waals surface area contributed by atoms with Gasteiger partial charge in [0, 0.05) is 5.02 Å². The van der Waals surface area contributed by atoms with Gasteiger partial charge in [0.25, 0.3) is 0 Å². The number of carbonyl (C=O) groups excluding carboxylic acids is 1. The van der Waals surface area contributed by atoms with Crippen LogP contribution in [-0.2, 0) is 4.79 Å². The van der Waals surface area contributed by atoms with Gasteiger partial charge in [0.15, 0.2) is 0 Å². The van der Waals surface area contributed by atoms with Gasteiger partial charge in [-0.2, -0.15) is 0 Å². The Morgan fingerprint density at radius 3 is 2.08 bits per heavy atom. The van der Waals surface area contributed by atoms with Gasteiger partial charge in [0.1, 0.15) is 0 Å². The van der Waals surface area contributed by atoms with Gasteiger partial charge in [0.2, 0.25) is 6.41 Å². The Balaban J connectivity index is 3.18. The molecular weight excluding hydrogens is 220 g/mol. The Kier molecular flexibility index (Phi) is 3.20. The highest BCUT2D eigenvalue weighted by molar-refractivity contribution is 6.42. The number of amides is 1. The van der Waals surface area contributed by atoms with Crippen molar-refractivity contribution in [2.45, 2.75) is 0 Å². The van der Waals surface area contributed by atoms with Gasteiger partial charge < -0.3 is 5.32 Å². The summed E-state index contributed by atoms with van der Waals surface area (Å²) < 4.78 is 0. The van der Waals surface area contributed by atoms with Crippen LogP contribution in [0.3, 0.4) is 0 Å². The summed E-state index contributed by atoms with van der Waals surface area (Å²) in [6.45, 7) is 0. The molecule has 1 amide bonds. The number of hydrogen-bond donors (Lipinski definition) is 1. The highest BCUT2D eigenvalue weighted by Gasteiger charge is 2.05. The van der Waals surface area contributed by atoms with E-state index in [0.717, 1.165) is 0 Å². The second-order valence-corrected chi connectivity index (χ2v) is 3.26. The molecule has 2 nitrogen and oxygen atoms in total. The second kappa shape index (κ2) is 3.99. The maximum atomic E-state index is 10.1. The average molecular weight is 224 g/mol. The Hall–Kier alpha value is -0.440. The second-order valence-electron chi connectivity index (χ2n) is 2.01. The van der Waals surface area contributed by atoms with Crippen LogP contribution in [0.15, 0.2) is 12.1 Å². The van der Waals surface area contributed by atoms with Crippen molar-refractivity contribution >= 4 is 46.9 Å². The van der Waals surface area contributed by atoms with E-state index < -0.39 is 0 Å². The maximum Gasteiger partial charge on any atom is 0.211 e. The number of rotatable bonds is 2. The third-order valence-electron chi connectivity index (χ3n) is 1.21. The number of benzene rings is 1. The first kappa shape index (κ1) is 9.65. The Morgan fingerprint density at radius 1 is 1.17 bits per heavy atom. The lowest BCUT2D eigenvalue weighted by Crippen LogP contribution is -1.95. The van der Waals surface area contributed by atoms with Gasteiger partial charge in [0.05, 0.1) is 15.7 Å². The first-order chi connectivity index (χ1) is 5.65. The summed E-state index contributed by atoms with van der Waals surface area (Å²) in [6.07, 6.45) is 0.501. The minimum absolute atomic E-state index is 0.319. The summed E-state index contributed by atoms with van der Waals surface area (Å²) in [5.41, 5.74) is 0.373. The molecule has 64 valence electrons. The molecule has 0 bridgehead atoms. The molecule has 0 fully saturated rings. The average Bonchev–Trinajstić information content (AvgIpc) is 1.96. The lowest BCUT2D eigenvalue weighted by molar-refractivity contribution is -0.105. The van der Waals surface area contributed by atoms with E-state index in [1.807, 2.05) is 0 Å². The van der Waals surface area contributed by atoms with Crippen molar-refractivity contribution in [3.63, 3.8) is 0 Å². The Bertz CT molecular complexity index is 291. The summed E-state index contributed by atoms with van der Waals surface area (Å²) in [5.74, 6) is 0. The molecular formula is C7H4Cl3NO. The molecule has 0 heterocycles. The molecule has 0 saturated carbocycles. The smallest absolute Gasteiger partial charge is 0.211 e. The molecule has 0 saturated heterocycles. The van der Waals surface area contributed by atoms with Gasteiger partial charge in [-0.25, -0.2) is 0 Å². The Labute approximate surface area is 84.4 Å². The Morgan fingerprint density at radius 2 is 1.67 bits per heavy atom. The predicted molar refractivity (Wildman–Crippen MR) is 51.2 cm³/mol. The molecule has 12 heavy (non-hydrogen) atoms. The largest absolute Gasteiger partial charge is 0.326 e. The summed E-state index contributed by atoms with van der Waals surface area (Å²) in [6, 6.07) is 3.00. The third kappa shape index (κ3) is 2.03. The lowest BCUT2D eigenvalue weighted by Gasteiger charge is -2.04. The van der Waals surface area contributed by atoms with Gasteiger partial charge in [-0.15, -0.1) is 0 Å². The van der Waals surface area contributed by atoms with Crippen molar-refractivity contribution < 1.29 is 4.79 Å². The van der Waals surface area contributed by atoms with E-state index in [-0.39, 0.29) is 0 Å². The van der Waals surface area contributed by atoms with Crippen LogP contribution in [-0.4, -0.2) is 6.41 Å². The van der Waals surface area contributed by atoms with Gasteiger partial charge in [-0.05, 0) is 12.1 Å². The van der Waals surface area contributed by atoms with Crippen LogP contribution in [0.2, 0.25) is 15.1 Å². The van der Waals surface area contributed by atoms with E-state index in [2.05, 4.69) is 5.32 Å². The maximum absolute atomic E-state index is 10.1. The van der Waals surface area contributed by atoms with E-state index in [9.17, 15) is 4.79 Å². The zero-order valence-electron chi connectivity index (χ0n) is 5.77. The zero-order chi connectivity index (χ0) is 9.14. The molecule has 0 radical (unpaired) electrons. The number of halogens is 3. The lowest BCUT2D eigenvalue weighted by atomic mass is 10.3. The summed E-state index contributed by atoms with van der Waals surface area (Å²) >= 11 is 17.1. The van der Waals surface area contributed by atoms with Crippen molar-refractivity contribution in [2.75, 3.05) is 5.32 Å². The normalized spacial score (nSPS) is 9.58. The molecule has 0 unspecified atom stereocenters. The molecule has 0 aliphatic carbocycles. The summed E-state index contributed by atoms with van der Waals surface area (Å²) in [7, 11) is 0. The molecule has 0 spiro atoms. The van der Waals surface area contributed by atoms with Crippen LogP contribution in [0.4, 0.5) is 5.69 Å². The minimum Gasteiger partial charge on any atom is -0.326 e. The monoisotopic (exact) mass is 223 g/mol. The predicted octanol–water partition coefficient (Wildman–Crippen LogP) is 3.22. The van der Waals surface area contributed by atoms with Crippen LogP contribution in [0, 0.1) is 0 Å². The van der Waals surface area contributed by atoms with Crippen molar-refractivity contribution in [2.24, 2.45) is 0 Å². The van der Waals surface area contributed by atoms with Crippen LogP contribution >= 0.6 is 34.8 Å². The van der Waals surface area contributed by atoms with Crippen molar-refractivity contribution in [3.8, 4) is 0 Å². The SMILES string of the molecule is O=CNc1c(Cl)cc(Cl)cc1Cl. The minimum atomic E-state index is 0.319. The standard InChI is InChI=1S/C7H4Cl3NO/c8-4-1-5(9)7(11-3-12)6(10)2-4/h1-3H,(H,11,12). The number of nitrogens with one attached hydrogen (secondary N) is 1. The van der Waals surface area contributed by atoms with Gasteiger partial charge in [-0.3, -0.25) is 4.79 Å². The molecule has 1 N–H and O–H groups in total. The number of carbonyl (C=O) groups is 1.